The molecule has 0 bridgehead atoms. The average molecular weight is 436 g/mol. The van der Waals surface area contributed by atoms with Crippen LogP contribution < -0.4 is 14.2 Å². The van der Waals surface area contributed by atoms with E-state index < -0.39 is 0 Å². The van der Waals surface area contributed by atoms with E-state index in [2.05, 4.69) is 0 Å². The molecule has 3 aromatic rings. The second-order valence-electron chi connectivity index (χ2n) is 6.86. The third-order valence-electron chi connectivity index (χ3n) is 5.07. The van der Waals surface area contributed by atoms with Crippen molar-refractivity contribution in [3.8, 4) is 17.2 Å². The summed E-state index contributed by atoms with van der Waals surface area (Å²) in [5.41, 5.74) is 1.60. The molecule has 1 saturated heterocycles. The molecule has 6 nitrogen and oxygen atoms in total. The van der Waals surface area contributed by atoms with Crippen molar-refractivity contribution in [2.45, 2.75) is 6.54 Å². The predicted octanol–water partition coefficient (Wildman–Crippen LogP) is 5.10. The van der Waals surface area contributed by atoms with Gasteiger partial charge in [-0.25, -0.2) is 0 Å². The lowest BCUT2D eigenvalue weighted by molar-refractivity contribution is -0.123. The fourth-order valence-corrected chi connectivity index (χ4v) is 4.41. The van der Waals surface area contributed by atoms with Gasteiger partial charge >= 0.3 is 0 Å². The van der Waals surface area contributed by atoms with E-state index in [4.69, 9.17) is 14.2 Å². The Labute approximate surface area is 184 Å². The topological polar surface area (TPSA) is 65.1 Å². The monoisotopic (exact) mass is 435 g/mol. The van der Waals surface area contributed by atoms with Crippen molar-refractivity contribution >= 4 is 39.8 Å². The van der Waals surface area contributed by atoms with Gasteiger partial charge in [0.2, 0.25) is 5.75 Å². The summed E-state index contributed by atoms with van der Waals surface area (Å²) in [6.45, 7) is 0.221. The summed E-state index contributed by atoms with van der Waals surface area (Å²) in [6.07, 6.45) is 1.67. The molecule has 1 aliphatic heterocycles. The number of thioether (sulfide) groups is 1. The molecule has 1 fully saturated rings. The fourth-order valence-electron chi connectivity index (χ4n) is 3.57. The minimum absolute atomic E-state index is 0.221. The fraction of sp³-hybridized carbons (Fsp3) is 0.167. The average Bonchev–Trinajstić information content (AvgIpc) is 3.05. The summed E-state index contributed by atoms with van der Waals surface area (Å²) in [6, 6.07) is 17.3. The van der Waals surface area contributed by atoms with Crippen LogP contribution in [0.3, 0.4) is 0 Å². The van der Waals surface area contributed by atoms with Crippen LogP contribution in [0.15, 0.2) is 59.5 Å². The zero-order chi connectivity index (χ0) is 22.0. The molecule has 2 amide bonds. The number of rotatable bonds is 6. The van der Waals surface area contributed by atoms with Crippen molar-refractivity contribution in [1.82, 2.24) is 4.90 Å². The predicted molar refractivity (Wildman–Crippen MR) is 122 cm³/mol. The minimum Gasteiger partial charge on any atom is -0.493 e. The van der Waals surface area contributed by atoms with Gasteiger partial charge in [0, 0.05) is 0 Å². The first kappa shape index (κ1) is 20.8. The molecule has 0 aliphatic carbocycles. The second kappa shape index (κ2) is 8.73. The van der Waals surface area contributed by atoms with Gasteiger partial charge in [-0.15, -0.1) is 0 Å². The largest absolute Gasteiger partial charge is 0.493 e. The smallest absolute Gasteiger partial charge is 0.293 e. The molecule has 1 aliphatic rings. The lowest BCUT2D eigenvalue weighted by Gasteiger charge is -2.14. The lowest BCUT2D eigenvalue weighted by Crippen LogP contribution is -2.27. The van der Waals surface area contributed by atoms with Gasteiger partial charge in [0.15, 0.2) is 11.5 Å². The Morgan fingerprint density at radius 2 is 1.58 bits per heavy atom. The van der Waals surface area contributed by atoms with Crippen molar-refractivity contribution in [2.75, 3.05) is 21.3 Å². The summed E-state index contributed by atoms with van der Waals surface area (Å²) in [7, 11) is 4.58. The van der Waals surface area contributed by atoms with Crippen LogP contribution in [0, 0.1) is 0 Å². The lowest BCUT2D eigenvalue weighted by atomic mass is 10.0. The number of fused-ring (bicyclic) bond motifs is 1. The standard InChI is InChI=1S/C24H21NO5S/c1-28-19-11-15(12-20(29-2)22(19)30-3)13-21-23(26)25(24(27)31-21)14-17-9-6-8-16-7-4-5-10-18(16)17/h4-13H,14H2,1-3H3/b21-13-. The normalized spacial score (nSPS) is 15.1. The van der Waals surface area contributed by atoms with E-state index in [0.717, 1.165) is 28.1 Å². The molecule has 0 atom stereocenters. The van der Waals surface area contributed by atoms with Gasteiger partial charge in [-0.3, -0.25) is 14.5 Å². The molecule has 158 valence electrons. The molecule has 0 aromatic heterocycles. The molecule has 0 saturated carbocycles. The zero-order valence-electron chi connectivity index (χ0n) is 17.4. The first-order valence-electron chi connectivity index (χ1n) is 9.57. The van der Waals surface area contributed by atoms with Crippen LogP contribution in [0.1, 0.15) is 11.1 Å². The van der Waals surface area contributed by atoms with Crippen LogP contribution >= 0.6 is 11.8 Å². The molecule has 1 heterocycles. The highest BCUT2D eigenvalue weighted by molar-refractivity contribution is 8.18. The van der Waals surface area contributed by atoms with E-state index in [0.29, 0.717) is 27.7 Å². The molecule has 7 heteroatoms. The van der Waals surface area contributed by atoms with Gasteiger partial charge in [0.1, 0.15) is 0 Å². The molecule has 31 heavy (non-hydrogen) atoms. The Hall–Kier alpha value is -3.45. The maximum Gasteiger partial charge on any atom is 0.293 e. The highest BCUT2D eigenvalue weighted by atomic mass is 32.2. The van der Waals surface area contributed by atoms with Gasteiger partial charge < -0.3 is 14.2 Å². The maximum atomic E-state index is 13.0. The Morgan fingerprint density at radius 3 is 2.26 bits per heavy atom. The van der Waals surface area contributed by atoms with E-state index >= 15 is 0 Å². The van der Waals surface area contributed by atoms with Crippen LogP contribution in [-0.2, 0) is 11.3 Å². The highest BCUT2D eigenvalue weighted by Crippen LogP contribution is 2.40. The third kappa shape index (κ3) is 3.96. The molecular formula is C24H21NO5S. The maximum absolute atomic E-state index is 13.0. The Morgan fingerprint density at radius 1 is 0.903 bits per heavy atom. The van der Waals surface area contributed by atoms with Gasteiger partial charge in [0.05, 0.1) is 32.8 Å². The number of benzene rings is 3. The Balaban J connectivity index is 1.65. The van der Waals surface area contributed by atoms with Crippen LogP contribution in [0.5, 0.6) is 17.2 Å². The minimum atomic E-state index is -0.323. The molecule has 0 spiro atoms. The molecule has 0 unspecified atom stereocenters. The molecule has 4 rings (SSSR count). The molecule has 0 N–H and O–H groups in total. The van der Waals surface area contributed by atoms with Crippen LogP contribution in [-0.4, -0.2) is 37.4 Å². The van der Waals surface area contributed by atoms with Crippen molar-refractivity contribution < 1.29 is 23.8 Å². The molecule has 0 radical (unpaired) electrons. The van der Waals surface area contributed by atoms with Crippen molar-refractivity contribution in [1.29, 1.82) is 0 Å². The second-order valence-corrected chi connectivity index (χ2v) is 7.86. The number of ether oxygens (including phenoxy) is 3. The number of hydrogen-bond acceptors (Lipinski definition) is 6. The van der Waals surface area contributed by atoms with Crippen molar-refractivity contribution in [3.05, 3.63) is 70.6 Å². The molecular weight excluding hydrogens is 414 g/mol. The highest BCUT2D eigenvalue weighted by Gasteiger charge is 2.35. The van der Waals surface area contributed by atoms with E-state index in [1.54, 1.807) is 18.2 Å². The van der Waals surface area contributed by atoms with Crippen LogP contribution in [0.2, 0.25) is 0 Å². The summed E-state index contributed by atoms with van der Waals surface area (Å²) in [5.74, 6) is 1.09. The van der Waals surface area contributed by atoms with Crippen molar-refractivity contribution in [2.24, 2.45) is 0 Å². The Kier molecular flexibility index (Phi) is 5.86. The van der Waals surface area contributed by atoms with Gasteiger partial charge in [-0.05, 0) is 51.9 Å². The summed E-state index contributed by atoms with van der Waals surface area (Å²) < 4.78 is 16.1. The SMILES string of the molecule is COc1cc(/C=C2\SC(=O)N(Cc3cccc4ccccc34)C2=O)cc(OC)c1OC. The summed E-state index contributed by atoms with van der Waals surface area (Å²) in [4.78, 5) is 27.3. The van der Waals surface area contributed by atoms with E-state index in [1.807, 2.05) is 42.5 Å². The number of carbonyl (C=O) groups is 2. The number of methoxy groups -OCH3 is 3. The molecule has 3 aromatic carbocycles. The summed E-state index contributed by atoms with van der Waals surface area (Å²) >= 11 is 0.924. The van der Waals surface area contributed by atoms with Gasteiger partial charge in [-0.1, -0.05) is 42.5 Å². The van der Waals surface area contributed by atoms with E-state index in [9.17, 15) is 9.59 Å². The van der Waals surface area contributed by atoms with E-state index in [-0.39, 0.29) is 17.7 Å². The van der Waals surface area contributed by atoms with Gasteiger partial charge in [-0.2, -0.15) is 0 Å². The number of nitrogens with zero attached hydrogens (tertiary/aromatic N) is 1. The first-order valence-corrected chi connectivity index (χ1v) is 10.4. The van der Waals surface area contributed by atoms with E-state index in [1.165, 1.54) is 26.2 Å². The van der Waals surface area contributed by atoms with Crippen LogP contribution in [0.4, 0.5) is 4.79 Å². The quantitative estimate of drug-likeness (QED) is 0.502. The first-order chi connectivity index (χ1) is 15.0. The number of carbonyl (C=O) groups excluding carboxylic acids is 2. The van der Waals surface area contributed by atoms with Crippen LogP contribution in [0.25, 0.3) is 16.8 Å². The van der Waals surface area contributed by atoms with Gasteiger partial charge in [0.25, 0.3) is 11.1 Å². The Bertz CT molecular complexity index is 1170. The third-order valence-corrected chi connectivity index (χ3v) is 5.97. The number of hydrogen-bond donors (Lipinski definition) is 0. The van der Waals surface area contributed by atoms with Crippen molar-refractivity contribution in [3.63, 3.8) is 0 Å². The number of amides is 2. The zero-order valence-corrected chi connectivity index (χ0v) is 18.2. The summed E-state index contributed by atoms with van der Waals surface area (Å²) in [5, 5.41) is 1.80. The number of imide groups is 1.